The Labute approximate surface area is 175 Å². The second-order valence-corrected chi connectivity index (χ2v) is 7.73. The Morgan fingerprint density at radius 1 is 0.862 bits per heavy atom. The van der Waals surface area contributed by atoms with Crippen molar-refractivity contribution in [2.45, 2.75) is 0 Å². The molecular weight excluding hydrogens is 390 g/mol. The highest BCUT2D eigenvalue weighted by Crippen LogP contribution is 2.19. The summed E-state index contributed by atoms with van der Waals surface area (Å²) in [4.78, 5) is 43.6. The van der Waals surface area contributed by atoms with E-state index in [9.17, 15) is 14.4 Å². The van der Waals surface area contributed by atoms with Crippen LogP contribution in [0, 0.1) is 0 Å². The number of carbonyl (C=O) groups excluding carboxylic acids is 3. The Bertz CT molecular complexity index is 904. The fourth-order valence-electron chi connectivity index (χ4n) is 3.32. The lowest BCUT2D eigenvalue weighted by Gasteiger charge is -2.35. The number of halogens is 1. The molecule has 2 amide bonds. The molecule has 1 fully saturated rings. The van der Waals surface area contributed by atoms with Gasteiger partial charge in [0.2, 0.25) is 5.91 Å². The highest BCUT2D eigenvalue weighted by molar-refractivity contribution is 6.30. The van der Waals surface area contributed by atoms with E-state index < -0.39 is 0 Å². The summed E-state index contributed by atoms with van der Waals surface area (Å²) in [5.41, 5.74) is 1.22. The fourth-order valence-corrected chi connectivity index (χ4v) is 3.45. The van der Waals surface area contributed by atoms with Crippen molar-refractivity contribution in [1.29, 1.82) is 0 Å². The van der Waals surface area contributed by atoms with Crippen molar-refractivity contribution in [2.75, 3.05) is 46.8 Å². The molecule has 2 aromatic rings. The number of rotatable bonds is 5. The van der Waals surface area contributed by atoms with E-state index in [2.05, 4.69) is 0 Å². The molecule has 29 heavy (non-hydrogen) atoms. The van der Waals surface area contributed by atoms with Crippen LogP contribution in [-0.2, 0) is 4.79 Å². The number of hydrogen-bond acceptors (Lipinski definition) is 4. The molecule has 0 atom stereocenters. The van der Waals surface area contributed by atoms with Crippen LogP contribution in [0.4, 0.5) is 0 Å². The van der Waals surface area contributed by atoms with Crippen molar-refractivity contribution >= 4 is 29.2 Å². The van der Waals surface area contributed by atoms with E-state index in [1.54, 1.807) is 58.3 Å². The normalized spacial score (nSPS) is 14.2. The molecule has 0 bridgehead atoms. The first kappa shape index (κ1) is 21.0. The average molecular weight is 414 g/mol. The second kappa shape index (κ2) is 9.20. The molecule has 7 heteroatoms. The topological polar surface area (TPSA) is 60.9 Å². The van der Waals surface area contributed by atoms with Crippen molar-refractivity contribution in [3.05, 3.63) is 70.2 Å². The van der Waals surface area contributed by atoms with Crippen molar-refractivity contribution in [1.82, 2.24) is 14.7 Å². The summed E-state index contributed by atoms with van der Waals surface area (Å²) in [6, 6.07) is 13.5. The van der Waals surface area contributed by atoms with Crippen molar-refractivity contribution in [3.8, 4) is 0 Å². The van der Waals surface area contributed by atoms with Crippen LogP contribution in [0.25, 0.3) is 0 Å². The molecule has 0 N–H and O–H groups in total. The third-order valence-electron chi connectivity index (χ3n) is 4.88. The molecule has 0 unspecified atom stereocenters. The number of piperazine rings is 1. The minimum atomic E-state index is -0.217. The van der Waals surface area contributed by atoms with E-state index in [-0.39, 0.29) is 17.6 Å². The van der Waals surface area contributed by atoms with Gasteiger partial charge in [0, 0.05) is 42.3 Å². The molecule has 1 saturated heterocycles. The number of nitrogens with zero attached hydrogens (tertiary/aromatic N) is 3. The Kier molecular flexibility index (Phi) is 6.67. The summed E-state index contributed by atoms with van der Waals surface area (Å²) in [5.74, 6) is -0.353. The van der Waals surface area contributed by atoms with Crippen LogP contribution in [0.2, 0.25) is 5.02 Å². The highest BCUT2D eigenvalue weighted by atomic mass is 35.5. The van der Waals surface area contributed by atoms with Crippen molar-refractivity contribution in [3.63, 3.8) is 0 Å². The molecule has 6 nitrogen and oxygen atoms in total. The van der Waals surface area contributed by atoms with Crippen LogP contribution >= 0.6 is 11.6 Å². The van der Waals surface area contributed by atoms with Gasteiger partial charge >= 0.3 is 0 Å². The number of carbonyl (C=O) groups is 3. The van der Waals surface area contributed by atoms with E-state index in [0.29, 0.717) is 54.4 Å². The van der Waals surface area contributed by atoms with Gasteiger partial charge in [-0.2, -0.15) is 0 Å². The minimum absolute atomic E-state index is 0.0559. The van der Waals surface area contributed by atoms with Crippen LogP contribution in [-0.4, -0.2) is 79.1 Å². The van der Waals surface area contributed by atoms with E-state index in [1.807, 2.05) is 19.0 Å². The zero-order chi connectivity index (χ0) is 21.0. The van der Waals surface area contributed by atoms with Gasteiger partial charge in [0.25, 0.3) is 5.91 Å². The van der Waals surface area contributed by atoms with Gasteiger partial charge in [-0.05, 0) is 44.4 Å². The summed E-state index contributed by atoms with van der Waals surface area (Å²) >= 11 is 5.90. The molecule has 0 aliphatic carbocycles. The van der Waals surface area contributed by atoms with Crippen LogP contribution in [0.3, 0.4) is 0 Å². The molecule has 2 aromatic carbocycles. The predicted molar refractivity (Wildman–Crippen MR) is 112 cm³/mol. The maximum atomic E-state index is 13.1. The maximum Gasteiger partial charge on any atom is 0.254 e. The van der Waals surface area contributed by atoms with Gasteiger partial charge in [-0.3, -0.25) is 14.4 Å². The van der Waals surface area contributed by atoms with Gasteiger partial charge in [0.15, 0.2) is 5.78 Å². The molecule has 1 heterocycles. The number of likely N-dealkylation sites (N-methyl/N-ethyl adjacent to an activating group) is 1. The minimum Gasteiger partial charge on any atom is -0.338 e. The summed E-state index contributed by atoms with van der Waals surface area (Å²) in [7, 11) is 3.71. The predicted octanol–water partition coefficient (Wildman–Crippen LogP) is 2.42. The monoisotopic (exact) mass is 413 g/mol. The van der Waals surface area contributed by atoms with Gasteiger partial charge in [0.05, 0.1) is 12.1 Å². The molecule has 0 saturated carbocycles. The van der Waals surface area contributed by atoms with Crippen LogP contribution < -0.4 is 0 Å². The maximum absolute atomic E-state index is 13.1. The van der Waals surface area contributed by atoms with Gasteiger partial charge < -0.3 is 14.7 Å². The molecule has 0 aromatic heterocycles. The zero-order valence-corrected chi connectivity index (χ0v) is 17.4. The van der Waals surface area contributed by atoms with E-state index >= 15 is 0 Å². The first-order valence-corrected chi connectivity index (χ1v) is 9.85. The first-order chi connectivity index (χ1) is 13.9. The highest BCUT2D eigenvalue weighted by Gasteiger charge is 2.27. The Balaban J connectivity index is 1.73. The summed E-state index contributed by atoms with van der Waals surface area (Å²) < 4.78 is 0. The molecule has 1 aliphatic heterocycles. The molecule has 0 radical (unpaired) electrons. The Morgan fingerprint density at radius 2 is 1.41 bits per heavy atom. The lowest BCUT2D eigenvalue weighted by atomic mass is 9.97. The molecule has 1 aliphatic rings. The lowest BCUT2D eigenvalue weighted by molar-refractivity contribution is -0.133. The molecule has 0 spiro atoms. The summed E-state index contributed by atoms with van der Waals surface area (Å²) in [6.07, 6.45) is 0. The third-order valence-corrected chi connectivity index (χ3v) is 5.13. The van der Waals surface area contributed by atoms with E-state index in [1.165, 1.54) is 0 Å². The molecule has 152 valence electrons. The Hall–Kier alpha value is -2.70. The zero-order valence-electron chi connectivity index (χ0n) is 16.6. The lowest BCUT2D eigenvalue weighted by Crippen LogP contribution is -2.52. The quantitative estimate of drug-likeness (QED) is 0.706. The summed E-state index contributed by atoms with van der Waals surface area (Å²) in [5, 5.41) is 0.549. The molecule has 3 rings (SSSR count). The standard InChI is InChI=1S/C22H24ClN3O3/c1-24(2)15-20(27)25-11-13-26(14-12-25)22(29)19-6-4-3-5-18(19)21(28)16-7-9-17(23)10-8-16/h3-10H,11-15H2,1-2H3. The van der Waals surface area contributed by atoms with Crippen LogP contribution in [0.1, 0.15) is 26.3 Å². The van der Waals surface area contributed by atoms with Crippen LogP contribution in [0.15, 0.2) is 48.5 Å². The van der Waals surface area contributed by atoms with Gasteiger partial charge in [-0.25, -0.2) is 0 Å². The first-order valence-electron chi connectivity index (χ1n) is 9.48. The van der Waals surface area contributed by atoms with Gasteiger partial charge in [0.1, 0.15) is 0 Å². The van der Waals surface area contributed by atoms with Crippen molar-refractivity contribution in [2.24, 2.45) is 0 Å². The van der Waals surface area contributed by atoms with E-state index in [4.69, 9.17) is 11.6 Å². The van der Waals surface area contributed by atoms with Gasteiger partial charge in [-0.15, -0.1) is 0 Å². The summed E-state index contributed by atoms with van der Waals surface area (Å²) in [6.45, 7) is 2.23. The van der Waals surface area contributed by atoms with Crippen molar-refractivity contribution < 1.29 is 14.4 Å². The van der Waals surface area contributed by atoms with Gasteiger partial charge in [-0.1, -0.05) is 29.8 Å². The second-order valence-electron chi connectivity index (χ2n) is 7.29. The number of hydrogen-bond donors (Lipinski definition) is 0. The number of ketones is 1. The number of amides is 2. The third kappa shape index (κ3) is 5.02. The SMILES string of the molecule is CN(C)CC(=O)N1CCN(C(=O)c2ccccc2C(=O)c2ccc(Cl)cc2)CC1. The fraction of sp³-hybridized carbons (Fsp3) is 0.318. The smallest absolute Gasteiger partial charge is 0.254 e. The van der Waals surface area contributed by atoms with E-state index in [0.717, 1.165) is 0 Å². The Morgan fingerprint density at radius 3 is 2.00 bits per heavy atom. The number of benzene rings is 2. The molecular formula is C22H24ClN3O3. The largest absolute Gasteiger partial charge is 0.338 e. The van der Waals surface area contributed by atoms with Crippen LogP contribution in [0.5, 0.6) is 0 Å². The average Bonchev–Trinajstić information content (AvgIpc) is 2.73.